The number of carbonyl (C=O) groups is 1. The molecule has 33 heavy (non-hydrogen) atoms. The lowest BCUT2D eigenvalue weighted by Gasteiger charge is -2.25. The second-order valence-electron chi connectivity index (χ2n) is 8.84. The molecule has 2 aromatic rings. The van der Waals surface area contributed by atoms with Gasteiger partial charge >= 0.3 is 0 Å². The van der Waals surface area contributed by atoms with Crippen LogP contribution in [0.25, 0.3) is 5.57 Å². The van der Waals surface area contributed by atoms with Gasteiger partial charge in [-0.1, -0.05) is 62.2 Å². The summed E-state index contributed by atoms with van der Waals surface area (Å²) in [7, 11) is 3.59. The first-order valence-electron chi connectivity index (χ1n) is 11.5. The van der Waals surface area contributed by atoms with Gasteiger partial charge in [-0.25, -0.2) is 0 Å². The number of hydrogen-bond acceptors (Lipinski definition) is 3. The number of ketones is 1. The van der Waals surface area contributed by atoms with Gasteiger partial charge < -0.3 is 9.64 Å². The molecule has 0 radical (unpaired) electrons. The van der Waals surface area contributed by atoms with E-state index < -0.39 is 0 Å². The fraction of sp³-hybridized carbons (Fsp3) is 0.367. The van der Waals surface area contributed by atoms with Crippen molar-refractivity contribution in [3.8, 4) is 17.6 Å². The Morgan fingerprint density at radius 1 is 1.15 bits per heavy atom. The van der Waals surface area contributed by atoms with Crippen LogP contribution in [0.1, 0.15) is 49.4 Å². The zero-order valence-corrected chi connectivity index (χ0v) is 21.0. The van der Waals surface area contributed by atoms with E-state index in [1.807, 2.05) is 36.2 Å². The van der Waals surface area contributed by atoms with Gasteiger partial charge in [0.25, 0.3) is 0 Å². The summed E-state index contributed by atoms with van der Waals surface area (Å²) in [6.45, 7) is 12.5. The van der Waals surface area contributed by atoms with E-state index in [-0.39, 0.29) is 5.78 Å². The van der Waals surface area contributed by atoms with Crippen molar-refractivity contribution in [1.82, 2.24) is 4.90 Å². The maximum atomic E-state index is 11.3. The van der Waals surface area contributed by atoms with Crippen LogP contribution in [0.3, 0.4) is 0 Å². The third-order valence-electron chi connectivity index (χ3n) is 5.56. The van der Waals surface area contributed by atoms with Crippen molar-refractivity contribution in [2.75, 3.05) is 20.7 Å². The van der Waals surface area contributed by atoms with Gasteiger partial charge in [-0.05, 0) is 66.7 Å². The van der Waals surface area contributed by atoms with Gasteiger partial charge in [0.15, 0.2) is 0 Å². The van der Waals surface area contributed by atoms with Gasteiger partial charge in [0, 0.05) is 25.6 Å². The number of ether oxygens (including phenoxy) is 1. The summed E-state index contributed by atoms with van der Waals surface area (Å²) in [6.07, 6.45) is 5.14. The molecule has 3 rings (SSSR count). The fourth-order valence-electron chi connectivity index (χ4n) is 3.81. The van der Waals surface area contributed by atoms with Crippen LogP contribution in [-0.4, -0.2) is 31.4 Å². The van der Waals surface area contributed by atoms with Crippen molar-refractivity contribution in [3.05, 3.63) is 83.1 Å². The van der Waals surface area contributed by atoms with Crippen LogP contribution >= 0.6 is 0 Å². The number of aryl methyl sites for hydroxylation is 2. The molecule has 0 N–H and O–H groups in total. The predicted octanol–water partition coefficient (Wildman–Crippen LogP) is 6.26. The Morgan fingerprint density at radius 2 is 1.85 bits per heavy atom. The van der Waals surface area contributed by atoms with Crippen LogP contribution in [-0.2, 0) is 17.6 Å². The zero-order chi connectivity index (χ0) is 24.4. The van der Waals surface area contributed by atoms with E-state index in [4.69, 9.17) is 4.74 Å². The Balaban J connectivity index is 0.000000268. The number of methoxy groups -OCH3 is 1. The van der Waals surface area contributed by atoms with Crippen LogP contribution in [0.5, 0.6) is 5.75 Å². The highest BCUT2D eigenvalue weighted by atomic mass is 16.5. The molecule has 3 nitrogen and oxygen atoms in total. The molecule has 0 saturated carbocycles. The van der Waals surface area contributed by atoms with E-state index in [0.29, 0.717) is 12.5 Å². The third-order valence-corrected chi connectivity index (χ3v) is 5.56. The van der Waals surface area contributed by atoms with E-state index in [0.717, 1.165) is 41.8 Å². The van der Waals surface area contributed by atoms with E-state index in [1.54, 1.807) is 14.0 Å². The lowest BCUT2D eigenvalue weighted by molar-refractivity contribution is -0.117. The van der Waals surface area contributed by atoms with Crippen molar-refractivity contribution in [2.24, 2.45) is 5.92 Å². The molecule has 0 heterocycles. The third kappa shape index (κ3) is 8.31. The lowest BCUT2D eigenvalue weighted by atomic mass is 10.0. The van der Waals surface area contributed by atoms with Crippen molar-refractivity contribution < 1.29 is 9.53 Å². The highest BCUT2D eigenvalue weighted by Crippen LogP contribution is 2.23. The monoisotopic (exact) mass is 443 g/mol. The van der Waals surface area contributed by atoms with Crippen LogP contribution < -0.4 is 4.74 Å². The molecule has 0 atom stereocenters. The Morgan fingerprint density at radius 3 is 2.45 bits per heavy atom. The predicted molar refractivity (Wildman–Crippen MR) is 139 cm³/mol. The molecule has 1 aliphatic carbocycles. The zero-order valence-electron chi connectivity index (χ0n) is 21.0. The van der Waals surface area contributed by atoms with Crippen molar-refractivity contribution in [3.63, 3.8) is 0 Å². The Bertz CT molecular complexity index is 1050. The minimum absolute atomic E-state index is 0.152. The summed E-state index contributed by atoms with van der Waals surface area (Å²) in [5.74, 6) is 7.64. The van der Waals surface area contributed by atoms with E-state index >= 15 is 0 Å². The number of nitrogens with zero attached hydrogens (tertiary/aromatic N) is 1. The number of Topliss-reactive ketones (excluding diaryl/α,β-unsaturated/α-hetero) is 1. The summed E-state index contributed by atoms with van der Waals surface area (Å²) < 4.78 is 5.16. The smallest absolute Gasteiger partial charge is 0.149 e. The minimum atomic E-state index is 0.152. The maximum Gasteiger partial charge on any atom is 0.149 e. The number of benzene rings is 2. The molecule has 174 valence electrons. The standard InChI is InChI=1S/C18H25NO2.C12H12/c1-13(2)18(19(5)12-15(4)20)11-14(3)16-7-9-17(21-6)10-8-16;1-10-7-8-11-5-3-2-4-6-12(11)9-10/h7-11,13H,3,12H2,1-2,4-6H3;7-9H,4-6H2,1H3/b18-11-;. The van der Waals surface area contributed by atoms with Gasteiger partial charge in [0.1, 0.15) is 11.5 Å². The number of fused-ring (bicyclic) bond motifs is 1. The van der Waals surface area contributed by atoms with Gasteiger partial charge in [-0.2, -0.15) is 0 Å². The SMILES string of the molecule is C=C(/C=C(/C(C)C)N(C)CC(C)=O)c1ccc(OC)cc1.Cc1ccc2c(c1)CCC#CC2. The van der Waals surface area contributed by atoms with Crippen LogP contribution in [0.15, 0.2) is 60.8 Å². The van der Waals surface area contributed by atoms with E-state index in [2.05, 4.69) is 63.5 Å². The summed E-state index contributed by atoms with van der Waals surface area (Å²) in [6, 6.07) is 14.5. The van der Waals surface area contributed by atoms with E-state index in [9.17, 15) is 4.79 Å². The molecule has 3 heteroatoms. The highest BCUT2D eigenvalue weighted by molar-refractivity contribution is 5.78. The normalized spacial score (nSPS) is 12.4. The molecule has 0 fully saturated rings. The van der Waals surface area contributed by atoms with Crippen molar-refractivity contribution >= 4 is 11.4 Å². The average molecular weight is 444 g/mol. The summed E-state index contributed by atoms with van der Waals surface area (Å²) in [5, 5.41) is 0. The highest BCUT2D eigenvalue weighted by Gasteiger charge is 2.12. The molecular weight excluding hydrogens is 406 g/mol. The first-order chi connectivity index (χ1) is 15.7. The molecular formula is C30H37NO2. The largest absolute Gasteiger partial charge is 0.497 e. The second-order valence-corrected chi connectivity index (χ2v) is 8.84. The molecule has 0 amide bonds. The number of rotatable bonds is 7. The minimum Gasteiger partial charge on any atom is -0.497 e. The van der Waals surface area contributed by atoms with Gasteiger partial charge in [0.05, 0.1) is 13.7 Å². The number of carbonyl (C=O) groups excluding carboxylic acids is 1. The van der Waals surface area contributed by atoms with Gasteiger partial charge in [0.2, 0.25) is 0 Å². The number of hydrogen-bond donors (Lipinski definition) is 0. The lowest BCUT2D eigenvalue weighted by Crippen LogP contribution is -2.26. The molecule has 2 aromatic carbocycles. The molecule has 0 spiro atoms. The van der Waals surface area contributed by atoms with Crippen LogP contribution in [0.4, 0.5) is 0 Å². The maximum absolute atomic E-state index is 11.3. The first kappa shape index (κ1) is 26.0. The Kier molecular flexibility index (Phi) is 10.0. The van der Waals surface area contributed by atoms with Crippen LogP contribution in [0, 0.1) is 24.7 Å². The molecule has 0 bridgehead atoms. The Hall–Kier alpha value is -3.25. The summed E-state index contributed by atoms with van der Waals surface area (Å²) in [4.78, 5) is 13.3. The number of allylic oxidation sites excluding steroid dienone is 3. The molecule has 0 unspecified atom stereocenters. The average Bonchev–Trinajstić information content (AvgIpc) is 3.02. The van der Waals surface area contributed by atoms with Gasteiger partial charge in [-0.15, -0.1) is 5.92 Å². The molecule has 0 aliphatic heterocycles. The van der Waals surface area contributed by atoms with Crippen molar-refractivity contribution in [2.45, 2.75) is 47.0 Å². The molecule has 0 saturated heterocycles. The quantitative estimate of drug-likeness (QED) is 0.374. The summed E-state index contributed by atoms with van der Waals surface area (Å²) >= 11 is 0. The molecule has 1 aliphatic rings. The van der Waals surface area contributed by atoms with Crippen LogP contribution in [0.2, 0.25) is 0 Å². The Labute approximate surface area is 200 Å². The van der Waals surface area contributed by atoms with Gasteiger partial charge in [-0.3, -0.25) is 4.79 Å². The summed E-state index contributed by atoms with van der Waals surface area (Å²) in [5.41, 5.74) is 7.33. The first-order valence-corrected chi connectivity index (χ1v) is 11.5. The molecule has 0 aromatic heterocycles. The van der Waals surface area contributed by atoms with E-state index in [1.165, 1.54) is 16.7 Å². The topological polar surface area (TPSA) is 29.5 Å². The fourth-order valence-corrected chi connectivity index (χ4v) is 3.81. The van der Waals surface area contributed by atoms with Crippen molar-refractivity contribution in [1.29, 1.82) is 0 Å². The number of likely N-dealkylation sites (N-methyl/N-ethyl adjacent to an activating group) is 1. The second kappa shape index (κ2) is 12.7.